The second-order valence-electron chi connectivity index (χ2n) is 6.28. The minimum atomic E-state index is -0.327. The molecule has 1 heterocycles. The lowest BCUT2D eigenvalue weighted by Gasteiger charge is -2.27. The number of carbonyl (C=O) groups is 1. The minimum Gasteiger partial charge on any atom is -0.512 e. The van der Waals surface area contributed by atoms with Gasteiger partial charge in [-0.2, -0.15) is 0 Å². The van der Waals surface area contributed by atoms with E-state index < -0.39 is 0 Å². The highest BCUT2D eigenvalue weighted by molar-refractivity contribution is 5.90. The van der Waals surface area contributed by atoms with Gasteiger partial charge >= 0.3 is 5.97 Å². The van der Waals surface area contributed by atoms with Crippen LogP contribution in [0.4, 0.5) is 0 Å². The van der Waals surface area contributed by atoms with Crippen molar-refractivity contribution in [3.05, 3.63) is 41.2 Å². The van der Waals surface area contributed by atoms with Crippen LogP contribution in [0.15, 0.2) is 35.6 Å². The number of rotatable bonds is 4. The predicted octanol–water partition coefficient (Wildman–Crippen LogP) is 3.64. The number of carbonyl (C=O) groups excluding carboxylic acids is 1. The minimum absolute atomic E-state index is 0.186. The van der Waals surface area contributed by atoms with E-state index in [1.165, 1.54) is 0 Å². The smallest absolute Gasteiger partial charge is 0.337 e. The van der Waals surface area contributed by atoms with Gasteiger partial charge in [0.05, 0.1) is 5.57 Å². The number of aliphatic hydroxyl groups excluding tert-OH is 1. The van der Waals surface area contributed by atoms with Crippen LogP contribution in [0.3, 0.4) is 0 Å². The normalized spacial score (nSPS) is 22.9. The van der Waals surface area contributed by atoms with Crippen molar-refractivity contribution >= 4 is 5.97 Å². The van der Waals surface area contributed by atoms with E-state index in [0.29, 0.717) is 18.4 Å². The van der Waals surface area contributed by atoms with Gasteiger partial charge in [-0.15, -0.1) is 0 Å². The summed E-state index contributed by atoms with van der Waals surface area (Å²) in [4.78, 5) is 12.2. The number of aromatic hydroxyl groups is 1. The van der Waals surface area contributed by atoms with Crippen molar-refractivity contribution in [1.82, 2.24) is 0 Å². The zero-order chi connectivity index (χ0) is 15.5. The summed E-state index contributed by atoms with van der Waals surface area (Å²) in [5, 5.41) is 19.5. The summed E-state index contributed by atoms with van der Waals surface area (Å²) < 4.78 is 5.52. The highest BCUT2D eigenvalue weighted by Crippen LogP contribution is 2.36. The molecule has 0 spiro atoms. The van der Waals surface area contributed by atoms with Crippen LogP contribution < -0.4 is 0 Å². The lowest BCUT2D eigenvalue weighted by molar-refractivity contribution is -0.147. The van der Waals surface area contributed by atoms with Crippen molar-refractivity contribution < 1.29 is 19.7 Å². The third-order valence-electron chi connectivity index (χ3n) is 4.68. The maximum Gasteiger partial charge on any atom is 0.337 e. The summed E-state index contributed by atoms with van der Waals surface area (Å²) in [6.07, 6.45) is 5.81. The standard InChI is InChI=1S/C18H22O4/c19-14-8-5-12(6-9-14)7-10-15-11-16(20)17(18(21)22-15)13-3-1-2-4-13/h5-6,8-9,13,15,19-20H,1-4,7,10-11H2. The van der Waals surface area contributed by atoms with Gasteiger partial charge in [0.25, 0.3) is 0 Å². The number of aliphatic hydroxyl groups is 1. The van der Waals surface area contributed by atoms with Crippen LogP contribution in [0.2, 0.25) is 0 Å². The average molecular weight is 302 g/mol. The number of benzene rings is 1. The van der Waals surface area contributed by atoms with E-state index in [0.717, 1.165) is 37.7 Å². The number of hydrogen-bond donors (Lipinski definition) is 2. The molecule has 1 fully saturated rings. The predicted molar refractivity (Wildman–Crippen MR) is 82.5 cm³/mol. The van der Waals surface area contributed by atoms with Crippen LogP contribution in [-0.2, 0) is 16.0 Å². The van der Waals surface area contributed by atoms with Gasteiger partial charge in [-0.05, 0) is 49.3 Å². The number of ether oxygens (including phenoxy) is 1. The first-order chi connectivity index (χ1) is 10.6. The van der Waals surface area contributed by atoms with Gasteiger partial charge in [-0.3, -0.25) is 0 Å². The van der Waals surface area contributed by atoms with Crippen molar-refractivity contribution in [3.63, 3.8) is 0 Å². The lowest BCUT2D eigenvalue weighted by Crippen LogP contribution is -2.29. The van der Waals surface area contributed by atoms with E-state index in [1.807, 2.05) is 12.1 Å². The summed E-state index contributed by atoms with van der Waals surface area (Å²) in [7, 11) is 0. The molecule has 1 saturated carbocycles. The second-order valence-corrected chi connectivity index (χ2v) is 6.28. The molecule has 3 rings (SSSR count). The van der Waals surface area contributed by atoms with Gasteiger partial charge in [0.1, 0.15) is 17.6 Å². The van der Waals surface area contributed by atoms with Crippen LogP contribution >= 0.6 is 0 Å². The van der Waals surface area contributed by atoms with Crippen molar-refractivity contribution in [1.29, 1.82) is 0 Å². The molecule has 0 radical (unpaired) electrons. The van der Waals surface area contributed by atoms with Crippen LogP contribution in [0, 0.1) is 5.92 Å². The van der Waals surface area contributed by atoms with Crippen LogP contribution in [0.5, 0.6) is 5.75 Å². The molecular formula is C18H22O4. The number of esters is 1. The fourth-order valence-corrected chi connectivity index (χ4v) is 3.47. The molecule has 1 aliphatic carbocycles. The number of aryl methyl sites for hydroxylation is 1. The molecule has 1 aromatic rings. The van der Waals surface area contributed by atoms with E-state index in [2.05, 4.69) is 0 Å². The average Bonchev–Trinajstić information content (AvgIpc) is 3.00. The quantitative estimate of drug-likeness (QED) is 0.833. The van der Waals surface area contributed by atoms with E-state index in [4.69, 9.17) is 4.74 Å². The van der Waals surface area contributed by atoms with Gasteiger partial charge in [0.15, 0.2) is 0 Å². The monoisotopic (exact) mass is 302 g/mol. The fraction of sp³-hybridized carbons (Fsp3) is 0.500. The molecule has 0 aromatic heterocycles. The fourth-order valence-electron chi connectivity index (χ4n) is 3.47. The Hall–Kier alpha value is -1.97. The Kier molecular flexibility index (Phi) is 4.36. The molecule has 0 bridgehead atoms. The summed E-state index contributed by atoms with van der Waals surface area (Å²) >= 11 is 0. The maximum absolute atomic E-state index is 12.2. The Morgan fingerprint density at radius 2 is 1.77 bits per heavy atom. The third kappa shape index (κ3) is 3.26. The van der Waals surface area contributed by atoms with Crippen molar-refractivity contribution in [2.75, 3.05) is 0 Å². The number of cyclic esters (lactones) is 1. The first-order valence-corrected chi connectivity index (χ1v) is 8.04. The van der Waals surface area contributed by atoms with Gasteiger partial charge in [0, 0.05) is 6.42 Å². The van der Waals surface area contributed by atoms with Crippen LogP contribution in [0.1, 0.15) is 44.1 Å². The Balaban J connectivity index is 1.61. The van der Waals surface area contributed by atoms with Crippen LogP contribution in [-0.4, -0.2) is 22.3 Å². The first-order valence-electron chi connectivity index (χ1n) is 8.04. The summed E-state index contributed by atoms with van der Waals surface area (Å²) in [6.45, 7) is 0. The number of phenolic OH excluding ortho intramolecular Hbond substituents is 1. The summed E-state index contributed by atoms with van der Waals surface area (Å²) in [6, 6.07) is 7.02. The van der Waals surface area contributed by atoms with E-state index in [9.17, 15) is 15.0 Å². The molecular weight excluding hydrogens is 280 g/mol. The third-order valence-corrected chi connectivity index (χ3v) is 4.68. The number of hydrogen-bond acceptors (Lipinski definition) is 4. The van der Waals surface area contributed by atoms with Gasteiger partial charge in [-0.25, -0.2) is 4.79 Å². The first kappa shape index (κ1) is 14.9. The molecule has 1 aromatic carbocycles. The molecule has 1 unspecified atom stereocenters. The molecule has 4 nitrogen and oxygen atoms in total. The SMILES string of the molecule is O=C1OC(CCc2ccc(O)cc2)CC(O)=C1C1CCCC1. The molecule has 0 saturated heterocycles. The topological polar surface area (TPSA) is 66.8 Å². The zero-order valence-electron chi connectivity index (χ0n) is 12.6. The molecule has 4 heteroatoms. The highest BCUT2D eigenvalue weighted by atomic mass is 16.5. The van der Waals surface area contributed by atoms with Gasteiger partial charge < -0.3 is 14.9 Å². The Bertz CT molecular complexity index is 567. The molecule has 0 amide bonds. The van der Waals surface area contributed by atoms with Gasteiger partial charge in [-0.1, -0.05) is 25.0 Å². The maximum atomic E-state index is 12.2. The van der Waals surface area contributed by atoms with E-state index in [-0.39, 0.29) is 29.5 Å². The van der Waals surface area contributed by atoms with Crippen molar-refractivity contribution in [3.8, 4) is 5.75 Å². The Morgan fingerprint density at radius 1 is 1.09 bits per heavy atom. The lowest BCUT2D eigenvalue weighted by atomic mass is 9.91. The summed E-state index contributed by atoms with van der Waals surface area (Å²) in [5.41, 5.74) is 1.61. The van der Waals surface area contributed by atoms with E-state index >= 15 is 0 Å². The number of phenols is 1. The summed E-state index contributed by atoms with van der Waals surface area (Å²) in [5.74, 6) is 0.338. The zero-order valence-corrected chi connectivity index (χ0v) is 12.6. The molecule has 22 heavy (non-hydrogen) atoms. The molecule has 2 aliphatic rings. The van der Waals surface area contributed by atoms with Crippen molar-refractivity contribution in [2.45, 2.75) is 51.0 Å². The molecule has 1 aliphatic heterocycles. The molecule has 2 N–H and O–H groups in total. The van der Waals surface area contributed by atoms with Gasteiger partial charge in [0.2, 0.25) is 0 Å². The molecule has 118 valence electrons. The van der Waals surface area contributed by atoms with E-state index in [1.54, 1.807) is 12.1 Å². The Morgan fingerprint density at radius 3 is 2.41 bits per heavy atom. The van der Waals surface area contributed by atoms with Crippen molar-refractivity contribution in [2.24, 2.45) is 5.92 Å². The highest BCUT2D eigenvalue weighted by Gasteiger charge is 2.34. The van der Waals surface area contributed by atoms with Crippen LogP contribution in [0.25, 0.3) is 0 Å². The largest absolute Gasteiger partial charge is 0.512 e. The second kappa shape index (κ2) is 6.42. The Labute approximate surface area is 130 Å². The molecule has 1 atom stereocenters.